The van der Waals surface area contributed by atoms with Crippen molar-refractivity contribution in [3.8, 4) is 0 Å². The van der Waals surface area contributed by atoms with E-state index in [2.05, 4.69) is 61.3 Å². The minimum absolute atomic E-state index is 0.118. The van der Waals surface area contributed by atoms with Crippen LogP contribution in [-0.2, 0) is 16.6 Å². The molecule has 148 valence electrons. The molecule has 1 aromatic carbocycles. The minimum atomic E-state index is -0.118. The molecule has 1 fully saturated rings. The quantitative estimate of drug-likeness (QED) is 0.888. The molecule has 1 atom stereocenters. The van der Waals surface area contributed by atoms with Crippen molar-refractivity contribution in [3.05, 3.63) is 59.4 Å². The van der Waals surface area contributed by atoms with Crippen LogP contribution < -0.4 is 10.2 Å². The van der Waals surface area contributed by atoms with Gasteiger partial charge in [-0.25, -0.2) is 0 Å². The molecule has 5 heteroatoms. The van der Waals surface area contributed by atoms with E-state index in [0.717, 1.165) is 43.0 Å². The van der Waals surface area contributed by atoms with Crippen LogP contribution >= 0.6 is 0 Å². The van der Waals surface area contributed by atoms with E-state index in [1.165, 1.54) is 5.56 Å². The standard InChI is InChI=1S/C23H30N4O/c1-17-14-26(10-9-24-17)15-21(28)27-16-23(2,3)22-20(27)12-19(13-25-22)11-18-7-5-4-6-8-18/h4-8,12-13,17,24H,9-11,14-16H2,1-3H3. The number of aromatic nitrogens is 1. The van der Waals surface area contributed by atoms with Gasteiger partial charge in [0, 0.05) is 43.8 Å². The highest BCUT2D eigenvalue weighted by molar-refractivity contribution is 5.97. The molecule has 1 unspecified atom stereocenters. The van der Waals surface area contributed by atoms with Crippen molar-refractivity contribution in [2.24, 2.45) is 0 Å². The van der Waals surface area contributed by atoms with Crippen molar-refractivity contribution in [1.82, 2.24) is 15.2 Å². The molecule has 2 aromatic rings. The molecule has 3 heterocycles. The normalized spacial score (nSPS) is 21.5. The number of rotatable bonds is 4. The summed E-state index contributed by atoms with van der Waals surface area (Å²) in [5.41, 5.74) is 4.32. The fraction of sp³-hybridized carbons (Fsp3) is 0.478. The van der Waals surface area contributed by atoms with Crippen LogP contribution in [-0.4, -0.2) is 54.6 Å². The first-order valence-corrected chi connectivity index (χ1v) is 10.2. The first-order chi connectivity index (χ1) is 13.4. The molecular weight excluding hydrogens is 348 g/mol. The number of carbonyl (C=O) groups excluding carboxylic acids is 1. The van der Waals surface area contributed by atoms with Gasteiger partial charge in [0.1, 0.15) is 0 Å². The lowest BCUT2D eigenvalue weighted by Gasteiger charge is -2.32. The number of fused-ring (bicyclic) bond motifs is 1. The van der Waals surface area contributed by atoms with Gasteiger partial charge in [-0.05, 0) is 30.5 Å². The Labute approximate surface area is 167 Å². The zero-order chi connectivity index (χ0) is 19.7. The van der Waals surface area contributed by atoms with Crippen molar-refractivity contribution in [1.29, 1.82) is 0 Å². The van der Waals surface area contributed by atoms with Crippen molar-refractivity contribution < 1.29 is 4.79 Å². The number of piperazine rings is 1. The summed E-state index contributed by atoms with van der Waals surface area (Å²) in [6.45, 7) is 10.5. The highest BCUT2D eigenvalue weighted by Crippen LogP contribution is 2.39. The highest BCUT2D eigenvalue weighted by Gasteiger charge is 2.39. The molecule has 5 nitrogen and oxygen atoms in total. The molecule has 1 saturated heterocycles. The molecular formula is C23H30N4O. The summed E-state index contributed by atoms with van der Waals surface area (Å²) < 4.78 is 0. The van der Waals surface area contributed by atoms with E-state index in [0.29, 0.717) is 19.1 Å². The van der Waals surface area contributed by atoms with E-state index in [1.54, 1.807) is 0 Å². The average molecular weight is 379 g/mol. The fourth-order valence-electron chi connectivity index (χ4n) is 4.36. The molecule has 0 aliphatic carbocycles. The number of hydrogen-bond donors (Lipinski definition) is 1. The van der Waals surface area contributed by atoms with E-state index in [1.807, 2.05) is 17.2 Å². The Morgan fingerprint density at radius 1 is 1.25 bits per heavy atom. The van der Waals surface area contributed by atoms with E-state index < -0.39 is 0 Å². The fourth-order valence-corrected chi connectivity index (χ4v) is 4.36. The third-order valence-electron chi connectivity index (χ3n) is 5.77. The molecule has 0 bridgehead atoms. The van der Waals surface area contributed by atoms with Gasteiger partial charge in [-0.2, -0.15) is 0 Å². The second-order valence-electron chi connectivity index (χ2n) is 8.83. The largest absolute Gasteiger partial charge is 0.312 e. The Balaban J connectivity index is 1.55. The third-order valence-corrected chi connectivity index (χ3v) is 5.77. The highest BCUT2D eigenvalue weighted by atomic mass is 16.2. The number of anilines is 1. The number of pyridine rings is 1. The van der Waals surface area contributed by atoms with Crippen LogP contribution in [0.25, 0.3) is 0 Å². The van der Waals surface area contributed by atoms with Gasteiger partial charge in [-0.1, -0.05) is 44.2 Å². The lowest BCUT2D eigenvalue weighted by atomic mass is 9.91. The molecule has 1 amide bonds. The van der Waals surface area contributed by atoms with Crippen LogP contribution in [0.1, 0.15) is 37.6 Å². The molecule has 0 saturated carbocycles. The molecule has 4 rings (SSSR count). The van der Waals surface area contributed by atoms with Crippen molar-refractivity contribution in [2.45, 2.75) is 38.6 Å². The molecule has 2 aliphatic heterocycles. The number of nitrogens with one attached hydrogen (secondary N) is 1. The van der Waals surface area contributed by atoms with E-state index in [9.17, 15) is 4.79 Å². The Bertz CT molecular complexity index is 849. The predicted octanol–water partition coefficient (Wildman–Crippen LogP) is 2.59. The van der Waals surface area contributed by atoms with Gasteiger partial charge in [-0.3, -0.25) is 14.7 Å². The number of nitrogens with zero attached hydrogens (tertiary/aromatic N) is 3. The Kier molecular flexibility index (Phi) is 5.21. The zero-order valence-electron chi connectivity index (χ0n) is 17.1. The second kappa shape index (κ2) is 7.64. The third kappa shape index (κ3) is 3.96. The summed E-state index contributed by atoms with van der Waals surface area (Å²) in [6.07, 6.45) is 2.80. The van der Waals surface area contributed by atoms with Gasteiger partial charge in [0.2, 0.25) is 5.91 Å². The SMILES string of the molecule is CC1CN(CC(=O)N2CC(C)(C)c3ncc(Cc4ccccc4)cc32)CCN1. The Morgan fingerprint density at radius 3 is 2.79 bits per heavy atom. The summed E-state index contributed by atoms with van der Waals surface area (Å²) in [5, 5.41) is 3.44. The van der Waals surface area contributed by atoms with E-state index in [4.69, 9.17) is 4.98 Å². The predicted molar refractivity (Wildman–Crippen MR) is 113 cm³/mol. The minimum Gasteiger partial charge on any atom is -0.312 e. The Hall–Kier alpha value is -2.24. The van der Waals surface area contributed by atoms with Crippen LogP contribution in [0.15, 0.2) is 42.6 Å². The monoisotopic (exact) mass is 378 g/mol. The number of amides is 1. The first kappa shape index (κ1) is 19.1. The van der Waals surface area contributed by atoms with Crippen molar-refractivity contribution in [3.63, 3.8) is 0 Å². The lowest BCUT2D eigenvalue weighted by Crippen LogP contribution is -2.52. The summed E-state index contributed by atoms with van der Waals surface area (Å²) in [6, 6.07) is 13.0. The molecule has 0 radical (unpaired) electrons. The summed E-state index contributed by atoms with van der Waals surface area (Å²) in [7, 11) is 0. The lowest BCUT2D eigenvalue weighted by molar-refractivity contribution is -0.120. The van der Waals surface area contributed by atoms with Crippen LogP contribution in [0, 0.1) is 0 Å². The first-order valence-electron chi connectivity index (χ1n) is 10.2. The average Bonchev–Trinajstić information content (AvgIpc) is 2.93. The van der Waals surface area contributed by atoms with Gasteiger partial charge < -0.3 is 10.2 Å². The number of carbonyl (C=O) groups is 1. The maximum Gasteiger partial charge on any atom is 0.241 e. The van der Waals surface area contributed by atoms with Gasteiger partial charge in [0.15, 0.2) is 0 Å². The number of benzene rings is 1. The topological polar surface area (TPSA) is 48.5 Å². The Morgan fingerprint density at radius 2 is 2.04 bits per heavy atom. The van der Waals surface area contributed by atoms with Crippen LogP contribution in [0.3, 0.4) is 0 Å². The van der Waals surface area contributed by atoms with E-state index in [-0.39, 0.29) is 11.3 Å². The van der Waals surface area contributed by atoms with Crippen molar-refractivity contribution >= 4 is 11.6 Å². The van der Waals surface area contributed by atoms with Crippen LogP contribution in [0.2, 0.25) is 0 Å². The molecule has 1 N–H and O–H groups in total. The van der Waals surface area contributed by atoms with Gasteiger partial charge >= 0.3 is 0 Å². The zero-order valence-corrected chi connectivity index (χ0v) is 17.1. The maximum absolute atomic E-state index is 13.2. The smallest absolute Gasteiger partial charge is 0.241 e. The van der Waals surface area contributed by atoms with Gasteiger partial charge in [0.25, 0.3) is 0 Å². The van der Waals surface area contributed by atoms with Crippen LogP contribution in [0.5, 0.6) is 0 Å². The molecule has 1 aromatic heterocycles. The summed E-state index contributed by atoms with van der Waals surface area (Å²) in [4.78, 5) is 22.2. The second-order valence-corrected chi connectivity index (χ2v) is 8.83. The molecule has 28 heavy (non-hydrogen) atoms. The summed E-state index contributed by atoms with van der Waals surface area (Å²) >= 11 is 0. The molecule has 0 spiro atoms. The summed E-state index contributed by atoms with van der Waals surface area (Å²) in [5.74, 6) is 0.180. The molecule has 2 aliphatic rings. The van der Waals surface area contributed by atoms with Gasteiger partial charge in [-0.15, -0.1) is 0 Å². The van der Waals surface area contributed by atoms with E-state index >= 15 is 0 Å². The van der Waals surface area contributed by atoms with Crippen molar-refractivity contribution in [2.75, 3.05) is 37.6 Å². The maximum atomic E-state index is 13.2. The van der Waals surface area contributed by atoms with Crippen LogP contribution in [0.4, 0.5) is 5.69 Å². The number of hydrogen-bond acceptors (Lipinski definition) is 4. The van der Waals surface area contributed by atoms with Gasteiger partial charge in [0.05, 0.1) is 17.9 Å².